The fourth-order valence-electron chi connectivity index (χ4n) is 3.78. The summed E-state index contributed by atoms with van der Waals surface area (Å²) in [5.74, 6) is 0.220. The highest BCUT2D eigenvalue weighted by Crippen LogP contribution is 2.32. The van der Waals surface area contributed by atoms with Crippen LogP contribution < -0.4 is 10.2 Å². The fourth-order valence-corrected chi connectivity index (χ4v) is 3.78. The number of hydrogen-bond acceptors (Lipinski definition) is 6. The summed E-state index contributed by atoms with van der Waals surface area (Å²) in [6, 6.07) is 18.2. The standard InChI is InChI=1S/C23H24N4O4/c1-17(18-6-3-2-4-7-18)24-20-16-19(9-10-21(20)27(29)30)25-11-13-26(14-12-25)23(28)22-8-5-15-31-22/h2-10,15-17,24H,11-14H2,1H3/t17-/m1/s1. The van der Waals surface area contributed by atoms with Gasteiger partial charge in [0.15, 0.2) is 5.76 Å². The second-order valence-electron chi connectivity index (χ2n) is 7.49. The first kappa shape index (κ1) is 20.5. The van der Waals surface area contributed by atoms with Gasteiger partial charge in [-0.25, -0.2) is 0 Å². The van der Waals surface area contributed by atoms with Crippen LogP contribution in [0.2, 0.25) is 0 Å². The summed E-state index contributed by atoms with van der Waals surface area (Å²) >= 11 is 0. The van der Waals surface area contributed by atoms with Crippen molar-refractivity contribution in [3.63, 3.8) is 0 Å². The summed E-state index contributed by atoms with van der Waals surface area (Å²) < 4.78 is 5.21. The highest BCUT2D eigenvalue weighted by Gasteiger charge is 2.25. The van der Waals surface area contributed by atoms with Crippen LogP contribution >= 0.6 is 0 Å². The van der Waals surface area contributed by atoms with Crippen molar-refractivity contribution in [3.05, 3.63) is 88.4 Å². The monoisotopic (exact) mass is 420 g/mol. The molecule has 1 amide bonds. The molecule has 1 saturated heterocycles. The van der Waals surface area contributed by atoms with Gasteiger partial charge in [0.25, 0.3) is 11.6 Å². The molecule has 3 aromatic rings. The third-order valence-electron chi connectivity index (χ3n) is 5.51. The summed E-state index contributed by atoms with van der Waals surface area (Å²) in [6.45, 7) is 4.36. The molecule has 2 heterocycles. The third kappa shape index (κ3) is 4.53. The second kappa shape index (κ2) is 8.91. The minimum atomic E-state index is -0.371. The summed E-state index contributed by atoms with van der Waals surface area (Å²) in [5.41, 5.74) is 2.46. The maximum absolute atomic E-state index is 12.5. The molecule has 0 spiro atoms. The summed E-state index contributed by atoms with van der Waals surface area (Å²) in [4.78, 5) is 27.5. The van der Waals surface area contributed by atoms with Crippen molar-refractivity contribution in [1.29, 1.82) is 0 Å². The zero-order valence-corrected chi connectivity index (χ0v) is 17.2. The van der Waals surface area contributed by atoms with Crippen molar-refractivity contribution in [2.75, 3.05) is 36.4 Å². The van der Waals surface area contributed by atoms with E-state index in [9.17, 15) is 14.9 Å². The molecule has 8 nitrogen and oxygen atoms in total. The van der Waals surface area contributed by atoms with Gasteiger partial charge in [-0.2, -0.15) is 0 Å². The van der Waals surface area contributed by atoms with Crippen LogP contribution in [-0.4, -0.2) is 41.9 Å². The number of furan rings is 1. The number of carbonyl (C=O) groups is 1. The molecule has 1 aliphatic rings. The van der Waals surface area contributed by atoms with Crippen molar-refractivity contribution < 1.29 is 14.1 Å². The van der Waals surface area contributed by atoms with Gasteiger partial charge >= 0.3 is 0 Å². The van der Waals surface area contributed by atoms with Gasteiger partial charge in [-0.05, 0) is 36.8 Å². The first-order valence-electron chi connectivity index (χ1n) is 10.2. The Hall–Kier alpha value is -3.81. The predicted octanol–water partition coefficient (Wildman–Crippen LogP) is 4.32. The molecule has 0 saturated carbocycles. The molecule has 1 fully saturated rings. The van der Waals surface area contributed by atoms with Crippen molar-refractivity contribution >= 4 is 23.0 Å². The summed E-state index contributed by atoms with van der Waals surface area (Å²) in [7, 11) is 0. The Labute approximate surface area is 180 Å². The molecule has 160 valence electrons. The van der Waals surface area contributed by atoms with Gasteiger partial charge in [-0.3, -0.25) is 14.9 Å². The predicted molar refractivity (Wildman–Crippen MR) is 118 cm³/mol. The van der Waals surface area contributed by atoms with Gasteiger partial charge in [0.05, 0.1) is 11.2 Å². The van der Waals surface area contributed by atoms with Crippen LogP contribution in [0.3, 0.4) is 0 Å². The van der Waals surface area contributed by atoms with E-state index in [-0.39, 0.29) is 22.6 Å². The highest BCUT2D eigenvalue weighted by atomic mass is 16.6. The molecule has 0 bridgehead atoms. The number of rotatable bonds is 6. The van der Waals surface area contributed by atoms with Crippen molar-refractivity contribution in [2.24, 2.45) is 0 Å². The number of piperazine rings is 1. The zero-order valence-electron chi connectivity index (χ0n) is 17.2. The lowest BCUT2D eigenvalue weighted by Crippen LogP contribution is -2.48. The molecule has 4 rings (SSSR count). The van der Waals surface area contributed by atoms with Crippen molar-refractivity contribution in [2.45, 2.75) is 13.0 Å². The van der Waals surface area contributed by atoms with Gasteiger partial charge in [0.2, 0.25) is 0 Å². The van der Waals surface area contributed by atoms with Crippen LogP contribution in [0.5, 0.6) is 0 Å². The lowest BCUT2D eigenvalue weighted by molar-refractivity contribution is -0.384. The molecule has 1 atom stereocenters. The minimum absolute atomic E-state index is 0.0400. The SMILES string of the molecule is C[C@@H](Nc1cc(N2CCN(C(=O)c3ccco3)CC2)ccc1[N+](=O)[O-])c1ccccc1. The molecule has 1 N–H and O–H groups in total. The topological polar surface area (TPSA) is 91.9 Å². The molecule has 31 heavy (non-hydrogen) atoms. The molecular weight excluding hydrogens is 396 g/mol. The molecule has 2 aromatic carbocycles. The molecular formula is C23H24N4O4. The van der Waals surface area contributed by atoms with Crippen LogP contribution in [0, 0.1) is 10.1 Å². The Balaban J connectivity index is 1.48. The minimum Gasteiger partial charge on any atom is -0.459 e. The number of nitrogens with zero attached hydrogens (tertiary/aromatic N) is 3. The molecule has 8 heteroatoms. The van der Waals surface area contributed by atoms with Gasteiger partial charge < -0.3 is 19.5 Å². The van der Waals surface area contributed by atoms with E-state index in [1.54, 1.807) is 23.1 Å². The number of nitro groups is 1. The fraction of sp³-hybridized carbons (Fsp3) is 0.261. The second-order valence-corrected chi connectivity index (χ2v) is 7.49. The molecule has 0 radical (unpaired) electrons. The lowest BCUT2D eigenvalue weighted by atomic mass is 10.1. The Morgan fingerprint density at radius 2 is 1.81 bits per heavy atom. The van der Waals surface area contributed by atoms with Gasteiger partial charge in [0.1, 0.15) is 5.69 Å². The first-order valence-corrected chi connectivity index (χ1v) is 10.2. The maximum atomic E-state index is 12.5. The van der Waals surface area contributed by atoms with E-state index in [0.29, 0.717) is 37.6 Å². The molecule has 0 aliphatic carbocycles. The molecule has 1 aliphatic heterocycles. The van der Waals surface area contributed by atoms with E-state index in [0.717, 1.165) is 11.3 Å². The number of nitrogens with one attached hydrogen (secondary N) is 1. The normalized spacial score (nSPS) is 14.9. The smallest absolute Gasteiger partial charge is 0.292 e. The third-order valence-corrected chi connectivity index (χ3v) is 5.51. The van der Waals surface area contributed by atoms with Crippen LogP contribution in [0.4, 0.5) is 17.1 Å². The number of hydrogen-bond donors (Lipinski definition) is 1. The first-order chi connectivity index (χ1) is 15.0. The summed E-state index contributed by atoms with van der Waals surface area (Å²) in [5, 5.41) is 14.8. The lowest BCUT2D eigenvalue weighted by Gasteiger charge is -2.36. The van der Waals surface area contributed by atoms with E-state index >= 15 is 0 Å². The number of nitro benzene ring substituents is 1. The Kier molecular flexibility index (Phi) is 5.88. The van der Waals surface area contributed by atoms with E-state index in [1.807, 2.05) is 43.3 Å². The van der Waals surface area contributed by atoms with Crippen LogP contribution in [0.15, 0.2) is 71.3 Å². The Bertz CT molecular complexity index is 1040. The number of amides is 1. The number of anilines is 2. The van der Waals surface area contributed by atoms with Gasteiger partial charge in [-0.1, -0.05) is 30.3 Å². The van der Waals surface area contributed by atoms with E-state index in [1.165, 1.54) is 12.3 Å². The largest absolute Gasteiger partial charge is 0.459 e. The molecule has 1 aromatic heterocycles. The van der Waals surface area contributed by atoms with E-state index < -0.39 is 0 Å². The number of benzene rings is 2. The Morgan fingerprint density at radius 1 is 1.06 bits per heavy atom. The van der Waals surface area contributed by atoms with E-state index in [4.69, 9.17) is 4.42 Å². The highest BCUT2D eigenvalue weighted by molar-refractivity contribution is 5.91. The van der Waals surface area contributed by atoms with E-state index in [2.05, 4.69) is 10.2 Å². The van der Waals surface area contributed by atoms with Crippen LogP contribution in [0.1, 0.15) is 29.1 Å². The Morgan fingerprint density at radius 3 is 2.45 bits per heavy atom. The molecule has 0 unspecified atom stereocenters. The number of carbonyl (C=O) groups excluding carboxylic acids is 1. The maximum Gasteiger partial charge on any atom is 0.292 e. The average Bonchev–Trinajstić information content (AvgIpc) is 3.34. The van der Waals surface area contributed by atoms with Crippen LogP contribution in [-0.2, 0) is 0 Å². The zero-order chi connectivity index (χ0) is 21.8. The van der Waals surface area contributed by atoms with Gasteiger partial charge in [-0.15, -0.1) is 0 Å². The summed E-state index contributed by atoms with van der Waals surface area (Å²) in [6.07, 6.45) is 1.49. The van der Waals surface area contributed by atoms with Crippen molar-refractivity contribution in [3.8, 4) is 0 Å². The average molecular weight is 420 g/mol. The van der Waals surface area contributed by atoms with Crippen LogP contribution in [0.25, 0.3) is 0 Å². The van der Waals surface area contributed by atoms with Crippen molar-refractivity contribution in [1.82, 2.24) is 4.90 Å². The van der Waals surface area contributed by atoms with Gasteiger partial charge in [0, 0.05) is 44.0 Å². The quantitative estimate of drug-likeness (QED) is 0.472.